The number of hydrogen-bond donors (Lipinski definition) is 4. The number of amides is 2. The Labute approximate surface area is 330 Å². The maximum atomic E-state index is 13.0. The van der Waals surface area contributed by atoms with Crippen molar-refractivity contribution in [1.82, 2.24) is 30.6 Å². The highest BCUT2D eigenvalue weighted by Gasteiger charge is 2.46. The van der Waals surface area contributed by atoms with E-state index in [1.807, 2.05) is 36.7 Å². The topological polar surface area (TPSA) is 143 Å². The molecule has 0 bridgehead atoms. The van der Waals surface area contributed by atoms with Gasteiger partial charge in [-0.3, -0.25) is 14.6 Å². The number of H-pyrrole nitrogens is 2. The zero-order valence-electron chi connectivity index (χ0n) is 31.8. The molecule has 1 aromatic carbocycles. The molecule has 2 fully saturated rings. The Bertz CT molecular complexity index is 2420. The normalized spacial score (nSPS) is 18.6. The number of ether oxygens (including phenoxy) is 3. The van der Waals surface area contributed by atoms with E-state index in [-0.39, 0.29) is 22.9 Å². The minimum atomic E-state index is -0.0343. The van der Waals surface area contributed by atoms with Crippen molar-refractivity contribution >= 4 is 23.4 Å². The minimum Gasteiger partial charge on any atom is -0.493 e. The third-order valence-corrected chi connectivity index (χ3v) is 13.2. The fourth-order valence-corrected chi connectivity index (χ4v) is 9.97. The van der Waals surface area contributed by atoms with E-state index in [1.54, 1.807) is 14.2 Å². The largest absolute Gasteiger partial charge is 0.493 e. The lowest BCUT2D eigenvalue weighted by molar-refractivity contribution is 0.0783. The van der Waals surface area contributed by atoms with Crippen LogP contribution in [0.1, 0.15) is 92.9 Å². The van der Waals surface area contributed by atoms with Gasteiger partial charge in [-0.1, -0.05) is 11.6 Å². The molecule has 6 heterocycles. The second-order valence-corrected chi connectivity index (χ2v) is 16.7. The number of nitrogens with one attached hydrogen (secondary N) is 4. The third-order valence-electron chi connectivity index (χ3n) is 13.0. The monoisotopic (exact) mass is 772 g/mol. The Hall–Kier alpha value is -5.13. The predicted octanol–water partition coefficient (Wildman–Crippen LogP) is 7.12. The summed E-state index contributed by atoms with van der Waals surface area (Å²) in [5.74, 6) is 1.52. The molecule has 0 radical (unpaired) electrons. The Morgan fingerprint density at radius 1 is 0.714 bits per heavy atom. The fraction of sp³-hybridized carbons (Fsp3) is 0.409. The summed E-state index contributed by atoms with van der Waals surface area (Å²) in [7, 11) is 3.29. The average molecular weight is 773 g/mol. The van der Waals surface area contributed by atoms with E-state index in [0.717, 1.165) is 132 Å². The first-order valence-electron chi connectivity index (χ1n) is 19.8. The number of fused-ring (bicyclic) bond motifs is 10. The highest BCUT2D eigenvalue weighted by atomic mass is 35.5. The highest BCUT2D eigenvalue weighted by Crippen LogP contribution is 2.46. The number of benzene rings is 1. The first-order chi connectivity index (χ1) is 27.3. The molecule has 2 amide bonds. The van der Waals surface area contributed by atoms with Crippen LogP contribution in [-0.2, 0) is 43.3 Å². The number of hydrogen-bond acceptors (Lipinski definition) is 7. The van der Waals surface area contributed by atoms with Crippen LogP contribution in [0.25, 0.3) is 33.8 Å². The summed E-state index contributed by atoms with van der Waals surface area (Å²) in [5, 5.41) is 7.07. The molecule has 0 atom stereocenters. The molecule has 11 rings (SSSR count). The summed E-state index contributed by atoms with van der Waals surface area (Å²) in [6.45, 7) is 0.970. The van der Waals surface area contributed by atoms with Gasteiger partial charge in [-0.25, -0.2) is 4.98 Å². The quantitative estimate of drug-likeness (QED) is 0.106. The molecule has 2 saturated carbocycles. The maximum Gasteiger partial charge on any atom is 0.253 e. The van der Waals surface area contributed by atoms with Gasteiger partial charge in [0.2, 0.25) is 0 Å². The van der Waals surface area contributed by atoms with Crippen LogP contribution >= 0.6 is 11.6 Å². The Balaban J connectivity index is 0.000000150. The molecule has 56 heavy (non-hydrogen) atoms. The van der Waals surface area contributed by atoms with E-state index in [4.69, 9.17) is 30.8 Å². The predicted molar refractivity (Wildman–Crippen MR) is 213 cm³/mol. The van der Waals surface area contributed by atoms with Crippen LogP contribution in [-0.4, -0.2) is 70.3 Å². The molecule has 0 saturated heterocycles. The number of halogens is 1. The van der Waals surface area contributed by atoms with E-state index in [9.17, 15) is 9.59 Å². The molecule has 5 aromatic rings. The molecule has 6 aliphatic rings. The van der Waals surface area contributed by atoms with E-state index >= 15 is 0 Å². The molecule has 11 nitrogen and oxygen atoms in total. The summed E-state index contributed by atoms with van der Waals surface area (Å²) in [5.41, 5.74) is 14.8. The Morgan fingerprint density at radius 2 is 1.30 bits per heavy atom. The van der Waals surface area contributed by atoms with Crippen molar-refractivity contribution in [2.24, 2.45) is 0 Å². The number of carbonyl (C=O) groups excluding carboxylic acids is 2. The average Bonchev–Trinajstić information content (AvgIpc) is 3.76. The van der Waals surface area contributed by atoms with Crippen molar-refractivity contribution in [2.75, 3.05) is 27.4 Å². The Kier molecular flexibility index (Phi) is 8.52. The summed E-state index contributed by atoms with van der Waals surface area (Å²) in [6.07, 6.45) is 15.9. The van der Waals surface area contributed by atoms with Crippen molar-refractivity contribution in [1.29, 1.82) is 0 Å². The standard InChI is InChI=1S/C27H29N3O4.C17H16ClN3O/c1-32-10-11-34-22-7-5-16(12-23(22)33-2)20-13-19-17(15-28-20)4-6-18-24-21(29-25(18)19)14-27(8-3-9-27)30-26(24)31;18-13-6-11-9(8-19-13)2-3-10-14-12(20-15(10)11)7-17(4-1-5-17)21-16(14)22/h5,7,12-13,15,29H,3-4,6,8-11,14H2,1-2H3,(H,30,31);6,8,20H,1-5,7H2,(H,21,22). The molecule has 12 heteroatoms. The van der Waals surface area contributed by atoms with E-state index in [1.165, 1.54) is 24.0 Å². The second kappa shape index (κ2) is 13.5. The lowest BCUT2D eigenvalue weighted by Crippen LogP contribution is -2.58. The summed E-state index contributed by atoms with van der Waals surface area (Å²) < 4.78 is 16.4. The lowest BCUT2D eigenvalue weighted by Gasteiger charge is -2.45. The van der Waals surface area contributed by atoms with Crippen molar-refractivity contribution in [3.05, 3.63) is 92.6 Å². The zero-order chi connectivity index (χ0) is 38.2. The van der Waals surface area contributed by atoms with Gasteiger partial charge in [-0.05, 0) is 117 Å². The molecule has 4 N–H and O–H groups in total. The molecule has 2 spiro atoms. The van der Waals surface area contributed by atoms with Gasteiger partial charge in [0.15, 0.2) is 11.5 Å². The van der Waals surface area contributed by atoms with Crippen molar-refractivity contribution in [2.45, 2.75) is 88.1 Å². The molecule has 4 aromatic heterocycles. The first kappa shape index (κ1) is 35.3. The first-order valence-corrected chi connectivity index (χ1v) is 20.2. The number of methoxy groups -OCH3 is 2. The molecular formula is C44H45ClN6O5. The summed E-state index contributed by atoms with van der Waals surface area (Å²) in [4.78, 5) is 41.8. The van der Waals surface area contributed by atoms with E-state index in [2.05, 4.69) is 31.7 Å². The number of carbonyl (C=O) groups is 2. The van der Waals surface area contributed by atoms with Crippen LogP contribution in [0.5, 0.6) is 11.5 Å². The fourth-order valence-electron chi connectivity index (χ4n) is 9.81. The number of nitrogens with zero attached hydrogens (tertiary/aromatic N) is 2. The van der Waals surface area contributed by atoms with E-state index < -0.39 is 0 Å². The number of pyridine rings is 2. The van der Waals surface area contributed by atoms with Crippen molar-refractivity contribution in [3.8, 4) is 45.3 Å². The lowest BCUT2D eigenvalue weighted by atomic mass is 9.71. The van der Waals surface area contributed by atoms with Crippen LogP contribution < -0.4 is 20.1 Å². The Morgan fingerprint density at radius 3 is 1.86 bits per heavy atom. The van der Waals surface area contributed by atoms with Gasteiger partial charge < -0.3 is 34.8 Å². The number of rotatable bonds is 6. The van der Waals surface area contributed by atoms with Gasteiger partial charge in [0.1, 0.15) is 11.8 Å². The van der Waals surface area contributed by atoms with Crippen LogP contribution in [0.2, 0.25) is 5.15 Å². The van der Waals surface area contributed by atoms with Crippen LogP contribution in [0.3, 0.4) is 0 Å². The second-order valence-electron chi connectivity index (χ2n) is 16.3. The van der Waals surface area contributed by atoms with Gasteiger partial charge >= 0.3 is 0 Å². The highest BCUT2D eigenvalue weighted by molar-refractivity contribution is 6.29. The van der Waals surface area contributed by atoms with Gasteiger partial charge in [0, 0.05) is 71.5 Å². The molecule has 4 aliphatic carbocycles. The number of aromatic nitrogens is 4. The van der Waals surface area contributed by atoms with Crippen LogP contribution in [0.4, 0.5) is 0 Å². The molecule has 0 unspecified atom stereocenters. The number of aromatic amines is 2. The van der Waals surface area contributed by atoms with Crippen molar-refractivity contribution in [3.63, 3.8) is 0 Å². The SMILES string of the molecule is COCCOc1ccc(-c2cc3c(cn2)CCc2c-3[nH]c3c2C(=O)NC2(CCC2)C3)cc1OC.O=C1NC2(CCC2)Cc2[nH]c3c(c21)CCc1cnc(Cl)cc1-3. The molecular weight excluding hydrogens is 728 g/mol. The van der Waals surface area contributed by atoms with Gasteiger partial charge in [-0.15, -0.1) is 0 Å². The van der Waals surface area contributed by atoms with Gasteiger partial charge in [0.25, 0.3) is 11.8 Å². The summed E-state index contributed by atoms with van der Waals surface area (Å²) >= 11 is 6.07. The number of aryl methyl sites for hydroxylation is 2. The van der Waals surface area contributed by atoms with E-state index in [0.29, 0.717) is 29.9 Å². The third kappa shape index (κ3) is 5.81. The zero-order valence-corrected chi connectivity index (χ0v) is 32.5. The van der Waals surface area contributed by atoms with Crippen LogP contribution in [0, 0.1) is 0 Å². The molecule has 2 aliphatic heterocycles. The minimum absolute atomic E-state index is 0.0102. The van der Waals surface area contributed by atoms with Gasteiger partial charge in [0.05, 0.1) is 41.9 Å². The van der Waals surface area contributed by atoms with Crippen LogP contribution in [0.15, 0.2) is 42.7 Å². The maximum absolute atomic E-state index is 13.0. The smallest absolute Gasteiger partial charge is 0.253 e. The summed E-state index contributed by atoms with van der Waals surface area (Å²) in [6, 6.07) is 9.90. The molecule has 288 valence electrons. The van der Waals surface area contributed by atoms with Crippen molar-refractivity contribution < 1.29 is 23.8 Å². The van der Waals surface area contributed by atoms with Gasteiger partial charge in [-0.2, -0.15) is 0 Å².